The molecule has 0 saturated carbocycles. The predicted molar refractivity (Wildman–Crippen MR) is 96.3 cm³/mol. The van der Waals surface area contributed by atoms with Gasteiger partial charge < -0.3 is 14.5 Å². The van der Waals surface area contributed by atoms with Crippen LogP contribution < -0.4 is 9.64 Å². The van der Waals surface area contributed by atoms with E-state index in [1.165, 1.54) is 36.9 Å². The zero-order valence-corrected chi connectivity index (χ0v) is 14.1. The number of hydrogen-bond acceptors (Lipinski definition) is 3. The molecule has 3 aliphatic heterocycles. The fraction of sp³-hybridized carbons (Fsp3) is 0.429. The van der Waals surface area contributed by atoms with Gasteiger partial charge in [-0.25, -0.2) is 0 Å². The van der Waals surface area contributed by atoms with Gasteiger partial charge in [-0.2, -0.15) is 0 Å². The number of nitrogens with zero attached hydrogens (tertiary/aromatic N) is 2. The van der Waals surface area contributed by atoms with Crippen molar-refractivity contribution in [2.24, 2.45) is 0 Å². The van der Waals surface area contributed by atoms with Crippen molar-refractivity contribution in [1.82, 2.24) is 4.90 Å². The Kier molecular flexibility index (Phi) is 3.30. The van der Waals surface area contributed by atoms with E-state index in [0.717, 1.165) is 17.8 Å². The molecule has 3 nitrogen and oxygen atoms in total. The Morgan fingerprint density at radius 3 is 2.25 bits per heavy atom. The number of fused-ring (bicyclic) bond motifs is 3. The molecule has 2 bridgehead atoms. The molecule has 0 N–H and O–H groups in total. The summed E-state index contributed by atoms with van der Waals surface area (Å²) in [5.74, 6) is 1.03. The molecular weight excluding hydrogens is 296 g/mol. The molecule has 2 saturated heterocycles. The number of anilines is 1. The highest BCUT2D eigenvalue weighted by atomic mass is 16.5. The SMILES string of the molecule is CN1C2CCC1CC(N1c3ccccc3OC1c1ccccc1)C2. The Balaban J connectivity index is 1.53. The molecule has 3 unspecified atom stereocenters. The molecule has 3 aliphatic rings. The smallest absolute Gasteiger partial charge is 0.199 e. The molecule has 2 fully saturated rings. The summed E-state index contributed by atoms with van der Waals surface area (Å²) in [5, 5.41) is 0. The van der Waals surface area contributed by atoms with Crippen molar-refractivity contribution in [3.05, 3.63) is 60.2 Å². The summed E-state index contributed by atoms with van der Waals surface area (Å²) >= 11 is 0. The number of ether oxygens (including phenoxy) is 1. The molecule has 0 radical (unpaired) electrons. The molecule has 5 rings (SSSR count). The van der Waals surface area contributed by atoms with Crippen LogP contribution in [0.1, 0.15) is 37.5 Å². The van der Waals surface area contributed by atoms with Gasteiger partial charge in [0, 0.05) is 23.7 Å². The van der Waals surface area contributed by atoms with Gasteiger partial charge in [0.15, 0.2) is 6.23 Å². The molecule has 24 heavy (non-hydrogen) atoms. The average Bonchev–Trinajstić information content (AvgIpc) is 3.08. The molecular formula is C21H24N2O. The van der Waals surface area contributed by atoms with E-state index in [2.05, 4.69) is 71.4 Å². The van der Waals surface area contributed by atoms with Gasteiger partial charge in [0.05, 0.1) is 5.69 Å². The fourth-order valence-corrected chi connectivity index (χ4v) is 4.92. The van der Waals surface area contributed by atoms with Crippen LogP contribution in [0.15, 0.2) is 54.6 Å². The van der Waals surface area contributed by atoms with Crippen molar-refractivity contribution in [2.75, 3.05) is 11.9 Å². The van der Waals surface area contributed by atoms with Gasteiger partial charge in [-0.05, 0) is 44.9 Å². The summed E-state index contributed by atoms with van der Waals surface area (Å²) in [6, 6.07) is 21.2. The first-order chi connectivity index (χ1) is 11.8. The molecule has 0 aliphatic carbocycles. The van der Waals surface area contributed by atoms with E-state index in [1.54, 1.807) is 0 Å². The monoisotopic (exact) mass is 320 g/mol. The van der Waals surface area contributed by atoms with Crippen LogP contribution in [-0.2, 0) is 0 Å². The third-order valence-corrected chi connectivity index (χ3v) is 6.19. The number of rotatable bonds is 2. The van der Waals surface area contributed by atoms with E-state index in [0.29, 0.717) is 6.04 Å². The summed E-state index contributed by atoms with van der Waals surface area (Å²) in [4.78, 5) is 5.17. The van der Waals surface area contributed by atoms with Crippen molar-refractivity contribution in [3.63, 3.8) is 0 Å². The molecule has 3 atom stereocenters. The highest BCUT2D eigenvalue weighted by Crippen LogP contribution is 2.48. The van der Waals surface area contributed by atoms with Crippen molar-refractivity contribution >= 4 is 5.69 Å². The second-order valence-corrected chi connectivity index (χ2v) is 7.43. The standard InChI is InChI=1S/C21H24N2O/c1-22-16-11-12-17(22)14-18(13-16)23-19-9-5-6-10-20(19)24-21(23)15-7-3-2-4-8-15/h2-10,16-18,21H,11-14H2,1H3. The Bertz CT molecular complexity index is 718. The predicted octanol–water partition coefficient (Wildman–Crippen LogP) is 4.21. The molecule has 3 heteroatoms. The van der Waals surface area contributed by atoms with Crippen LogP contribution in [0.4, 0.5) is 5.69 Å². The quantitative estimate of drug-likeness (QED) is 0.824. The maximum absolute atomic E-state index is 6.39. The summed E-state index contributed by atoms with van der Waals surface area (Å²) < 4.78 is 6.39. The Hall–Kier alpha value is -2.00. The second-order valence-electron chi connectivity index (χ2n) is 7.43. The molecule has 2 aromatic rings. The number of hydrogen-bond donors (Lipinski definition) is 0. The van der Waals surface area contributed by atoms with E-state index < -0.39 is 0 Å². The van der Waals surface area contributed by atoms with E-state index in [4.69, 9.17) is 4.74 Å². The zero-order chi connectivity index (χ0) is 16.1. The normalized spacial score (nSPS) is 31.8. The van der Waals surface area contributed by atoms with Crippen LogP contribution >= 0.6 is 0 Å². The maximum atomic E-state index is 6.39. The highest BCUT2D eigenvalue weighted by Gasteiger charge is 2.45. The first-order valence-corrected chi connectivity index (χ1v) is 9.12. The van der Waals surface area contributed by atoms with Gasteiger partial charge in [0.2, 0.25) is 0 Å². The lowest BCUT2D eigenvalue weighted by atomic mass is 9.95. The van der Waals surface area contributed by atoms with Crippen LogP contribution in [-0.4, -0.2) is 30.1 Å². The highest BCUT2D eigenvalue weighted by molar-refractivity contribution is 5.64. The Morgan fingerprint density at radius 2 is 1.50 bits per heavy atom. The molecule has 0 amide bonds. The van der Waals surface area contributed by atoms with Crippen molar-refractivity contribution in [3.8, 4) is 5.75 Å². The summed E-state index contributed by atoms with van der Waals surface area (Å²) in [6.07, 6.45) is 5.20. The van der Waals surface area contributed by atoms with Crippen LogP contribution in [0.5, 0.6) is 5.75 Å². The fourth-order valence-electron chi connectivity index (χ4n) is 4.92. The van der Waals surface area contributed by atoms with Gasteiger partial charge in [0.1, 0.15) is 5.75 Å². The van der Waals surface area contributed by atoms with Crippen LogP contribution in [0.3, 0.4) is 0 Å². The van der Waals surface area contributed by atoms with Gasteiger partial charge in [0.25, 0.3) is 0 Å². The summed E-state index contributed by atoms with van der Waals surface area (Å²) in [6.45, 7) is 0. The van der Waals surface area contributed by atoms with E-state index in [1.807, 2.05) is 0 Å². The minimum absolute atomic E-state index is 0.0106. The maximum Gasteiger partial charge on any atom is 0.199 e. The van der Waals surface area contributed by atoms with Crippen molar-refractivity contribution < 1.29 is 4.74 Å². The lowest BCUT2D eigenvalue weighted by Gasteiger charge is -2.42. The minimum Gasteiger partial charge on any atom is -0.464 e. The van der Waals surface area contributed by atoms with Crippen LogP contribution in [0, 0.1) is 0 Å². The van der Waals surface area contributed by atoms with Gasteiger partial charge in [-0.1, -0.05) is 42.5 Å². The van der Waals surface area contributed by atoms with Gasteiger partial charge in [-0.3, -0.25) is 0 Å². The van der Waals surface area contributed by atoms with Crippen molar-refractivity contribution in [1.29, 1.82) is 0 Å². The first kappa shape index (κ1) is 14.4. The molecule has 0 aromatic heterocycles. The van der Waals surface area contributed by atoms with E-state index >= 15 is 0 Å². The largest absolute Gasteiger partial charge is 0.464 e. The zero-order valence-electron chi connectivity index (χ0n) is 14.1. The van der Waals surface area contributed by atoms with Gasteiger partial charge in [-0.15, -0.1) is 0 Å². The average molecular weight is 320 g/mol. The van der Waals surface area contributed by atoms with Crippen LogP contribution in [0.25, 0.3) is 0 Å². The van der Waals surface area contributed by atoms with E-state index in [9.17, 15) is 0 Å². The molecule has 0 spiro atoms. The van der Waals surface area contributed by atoms with E-state index in [-0.39, 0.29) is 6.23 Å². The molecule has 124 valence electrons. The third kappa shape index (κ3) is 2.15. The number of piperidine rings is 1. The Labute approximate surface area is 143 Å². The minimum atomic E-state index is 0.0106. The topological polar surface area (TPSA) is 15.7 Å². The number of benzene rings is 2. The first-order valence-electron chi connectivity index (χ1n) is 9.12. The number of para-hydroxylation sites is 2. The van der Waals surface area contributed by atoms with Gasteiger partial charge >= 0.3 is 0 Å². The lowest BCUT2D eigenvalue weighted by Crippen LogP contribution is -2.49. The molecule has 2 aromatic carbocycles. The summed E-state index contributed by atoms with van der Waals surface area (Å²) in [7, 11) is 2.31. The second kappa shape index (κ2) is 5.52. The van der Waals surface area contributed by atoms with Crippen molar-refractivity contribution in [2.45, 2.75) is 50.0 Å². The van der Waals surface area contributed by atoms with Crippen LogP contribution in [0.2, 0.25) is 0 Å². The lowest BCUT2D eigenvalue weighted by molar-refractivity contribution is 0.137. The molecule has 3 heterocycles. The summed E-state index contributed by atoms with van der Waals surface area (Å²) in [5.41, 5.74) is 2.51. The Morgan fingerprint density at radius 1 is 0.833 bits per heavy atom. The third-order valence-electron chi connectivity index (χ3n) is 6.19.